The summed E-state index contributed by atoms with van der Waals surface area (Å²) in [6, 6.07) is 3.77. The van der Waals surface area contributed by atoms with Crippen molar-refractivity contribution in [3.8, 4) is 10.7 Å². The molecule has 1 amide bonds. The first-order valence-electron chi connectivity index (χ1n) is 8.13. The molecular weight excluding hydrogens is 355 g/mol. The highest BCUT2D eigenvalue weighted by Crippen LogP contribution is 2.42. The molecule has 0 aliphatic heterocycles. The van der Waals surface area contributed by atoms with Gasteiger partial charge in [-0.25, -0.2) is 0 Å². The molecule has 0 saturated heterocycles. The zero-order chi connectivity index (χ0) is 17.8. The normalized spacial score (nSPS) is 22.9. The second kappa shape index (κ2) is 5.82. The van der Waals surface area contributed by atoms with Crippen LogP contribution in [0.5, 0.6) is 0 Å². The zero-order valence-corrected chi connectivity index (χ0v) is 14.2. The number of nitrogens with zero attached hydrogens (tertiary/aromatic N) is 3. The predicted octanol–water partition coefficient (Wildman–Crippen LogP) is 3.96. The predicted molar refractivity (Wildman–Crippen MR) is 83.5 cm³/mol. The molecule has 2 aromatic heterocycles. The molecule has 2 atom stereocenters. The molecule has 9 heteroatoms. The molecule has 0 aromatic carbocycles. The van der Waals surface area contributed by atoms with Gasteiger partial charge in [-0.1, -0.05) is 12.1 Å². The van der Waals surface area contributed by atoms with Crippen molar-refractivity contribution in [2.24, 2.45) is 11.8 Å². The Morgan fingerprint density at radius 2 is 2.12 bits per heavy atom. The monoisotopic (exact) mass is 371 g/mol. The Morgan fingerprint density at radius 3 is 2.68 bits per heavy atom. The van der Waals surface area contributed by atoms with Crippen molar-refractivity contribution in [3.05, 3.63) is 22.9 Å². The van der Waals surface area contributed by atoms with Gasteiger partial charge in [0.15, 0.2) is 0 Å². The first-order chi connectivity index (χ1) is 11.8. The Kier molecular flexibility index (Phi) is 3.86. The van der Waals surface area contributed by atoms with Crippen LogP contribution in [0.15, 0.2) is 16.7 Å². The minimum atomic E-state index is -4.65. The van der Waals surface area contributed by atoms with Crippen LogP contribution >= 0.6 is 11.3 Å². The molecule has 2 fully saturated rings. The van der Waals surface area contributed by atoms with E-state index in [1.54, 1.807) is 6.07 Å². The van der Waals surface area contributed by atoms with E-state index in [0.29, 0.717) is 23.4 Å². The van der Waals surface area contributed by atoms with Crippen molar-refractivity contribution in [2.75, 3.05) is 0 Å². The third-order valence-corrected chi connectivity index (χ3v) is 5.64. The fraction of sp³-hybridized carbons (Fsp3) is 0.562. The lowest BCUT2D eigenvalue weighted by atomic mass is 10.2. The number of hydrogen-bond acceptors (Lipinski definition) is 5. The Balaban J connectivity index is 1.49. The molecule has 0 radical (unpaired) electrons. The van der Waals surface area contributed by atoms with E-state index < -0.39 is 12.1 Å². The molecule has 0 N–H and O–H groups in total. The smallest absolute Gasteiger partial charge is 0.334 e. The van der Waals surface area contributed by atoms with Gasteiger partial charge >= 0.3 is 12.1 Å². The van der Waals surface area contributed by atoms with E-state index in [4.69, 9.17) is 0 Å². The molecule has 134 valence electrons. The highest BCUT2D eigenvalue weighted by atomic mass is 32.1. The molecule has 2 heterocycles. The van der Waals surface area contributed by atoms with E-state index in [1.165, 1.54) is 11.3 Å². The number of hydrogen-bond donors (Lipinski definition) is 0. The number of aromatic nitrogens is 2. The number of halogens is 3. The molecule has 2 aliphatic rings. The second-order valence-electron chi connectivity index (χ2n) is 6.70. The standard InChI is InChI=1S/C16H16F3N3O2S/c1-8-6-11(8)14(23)22(9-2-3-9)7-10-4-5-12(25-10)13-20-15(24-21-13)16(17,18)19/h4-5,8-9,11H,2-3,6-7H2,1H3. The van der Waals surface area contributed by atoms with E-state index >= 15 is 0 Å². The Hall–Kier alpha value is -1.90. The Morgan fingerprint density at radius 1 is 1.40 bits per heavy atom. The summed E-state index contributed by atoms with van der Waals surface area (Å²) in [7, 11) is 0. The summed E-state index contributed by atoms with van der Waals surface area (Å²) in [5.41, 5.74) is 0. The van der Waals surface area contributed by atoms with Gasteiger partial charge in [-0.15, -0.1) is 11.3 Å². The van der Waals surface area contributed by atoms with Crippen molar-refractivity contribution < 1.29 is 22.5 Å². The van der Waals surface area contributed by atoms with Crippen LogP contribution in [-0.4, -0.2) is 27.0 Å². The van der Waals surface area contributed by atoms with Crippen LogP contribution in [0, 0.1) is 11.8 Å². The van der Waals surface area contributed by atoms with Gasteiger partial charge in [0.05, 0.1) is 11.4 Å². The second-order valence-corrected chi connectivity index (χ2v) is 7.87. The minimum absolute atomic E-state index is 0.0799. The summed E-state index contributed by atoms with van der Waals surface area (Å²) in [4.78, 5) is 19.3. The third kappa shape index (κ3) is 3.42. The first kappa shape index (κ1) is 16.6. The van der Waals surface area contributed by atoms with E-state index in [0.717, 1.165) is 24.1 Å². The number of amides is 1. The van der Waals surface area contributed by atoms with Gasteiger partial charge in [-0.05, 0) is 37.3 Å². The first-order valence-corrected chi connectivity index (χ1v) is 8.95. The van der Waals surface area contributed by atoms with Crippen molar-refractivity contribution in [1.82, 2.24) is 15.0 Å². The van der Waals surface area contributed by atoms with Crippen LogP contribution in [0.4, 0.5) is 13.2 Å². The van der Waals surface area contributed by atoms with Crippen molar-refractivity contribution in [3.63, 3.8) is 0 Å². The summed E-state index contributed by atoms with van der Waals surface area (Å²) in [6.07, 6.45) is -1.67. The van der Waals surface area contributed by atoms with Crippen LogP contribution in [-0.2, 0) is 17.5 Å². The number of carbonyl (C=O) groups excluding carboxylic acids is 1. The summed E-state index contributed by atoms with van der Waals surface area (Å²) >= 11 is 1.29. The Labute approximate surface area is 145 Å². The molecule has 2 aromatic rings. The number of thiophene rings is 1. The number of alkyl halides is 3. The SMILES string of the molecule is CC1CC1C(=O)N(Cc1ccc(-c2noc(C(F)(F)F)n2)s1)C1CC1. The fourth-order valence-electron chi connectivity index (χ4n) is 2.84. The maximum absolute atomic E-state index is 12.6. The van der Waals surface area contributed by atoms with E-state index in [9.17, 15) is 18.0 Å². The van der Waals surface area contributed by atoms with Crippen LogP contribution in [0.3, 0.4) is 0 Å². The average molecular weight is 371 g/mol. The highest BCUT2D eigenvalue weighted by Gasteiger charge is 2.45. The third-order valence-electron chi connectivity index (χ3n) is 4.57. The van der Waals surface area contributed by atoms with Gasteiger partial charge in [0.1, 0.15) is 0 Å². The largest absolute Gasteiger partial charge is 0.471 e. The maximum Gasteiger partial charge on any atom is 0.471 e. The topological polar surface area (TPSA) is 59.2 Å². The van der Waals surface area contributed by atoms with E-state index in [2.05, 4.69) is 21.6 Å². The highest BCUT2D eigenvalue weighted by molar-refractivity contribution is 7.15. The maximum atomic E-state index is 12.6. The zero-order valence-electron chi connectivity index (χ0n) is 13.4. The van der Waals surface area contributed by atoms with Crippen molar-refractivity contribution in [2.45, 2.75) is 44.9 Å². The molecule has 0 spiro atoms. The van der Waals surface area contributed by atoms with Crippen molar-refractivity contribution >= 4 is 17.2 Å². The van der Waals surface area contributed by atoms with Gasteiger partial charge in [-0.2, -0.15) is 18.2 Å². The Bertz CT molecular complexity index is 797. The van der Waals surface area contributed by atoms with Gasteiger partial charge in [-0.3, -0.25) is 4.79 Å². The fourth-order valence-corrected chi connectivity index (χ4v) is 3.77. The molecule has 4 rings (SSSR count). The minimum Gasteiger partial charge on any atom is -0.334 e. The number of carbonyl (C=O) groups is 1. The molecular formula is C16H16F3N3O2S. The summed E-state index contributed by atoms with van der Waals surface area (Å²) < 4.78 is 41.9. The van der Waals surface area contributed by atoms with Gasteiger partial charge < -0.3 is 9.42 Å². The lowest BCUT2D eigenvalue weighted by Crippen LogP contribution is -2.33. The lowest BCUT2D eigenvalue weighted by Gasteiger charge is -2.22. The van der Waals surface area contributed by atoms with E-state index in [1.807, 2.05) is 11.0 Å². The van der Waals surface area contributed by atoms with Crippen LogP contribution in [0.25, 0.3) is 10.7 Å². The van der Waals surface area contributed by atoms with Crippen molar-refractivity contribution in [1.29, 1.82) is 0 Å². The van der Waals surface area contributed by atoms with Gasteiger partial charge in [0.25, 0.3) is 0 Å². The summed E-state index contributed by atoms with van der Waals surface area (Å²) in [6.45, 7) is 2.56. The van der Waals surface area contributed by atoms with Crippen LogP contribution in [0.1, 0.15) is 37.0 Å². The van der Waals surface area contributed by atoms with Crippen LogP contribution < -0.4 is 0 Å². The molecule has 2 unspecified atom stereocenters. The van der Waals surface area contributed by atoms with E-state index in [-0.39, 0.29) is 17.6 Å². The number of rotatable bonds is 5. The quantitative estimate of drug-likeness (QED) is 0.798. The molecule has 0 bridgehead atoms. The molecule has 25 heavy (non-hydrogen) atoms. The molecule has 2 aliphatic carbocycles. The molecule has 5 nitrogen and oxygen atoms in total. The summed E-state index contributed by atoms with van der Waals surface area (Å²) in [5, 5.41) is 3.40. The van der Waals surface area contributed by atoms with Crippen LogP contribution in [0.2, 0.25) is 0 Å². The van der Waals surface area contributed by atoms with Gasteiger partial charge in [0, 0.05) is 16.8 Å². The molecule has 2 saturated carbocycles. The average Bonchev–Trinajstić information content (AvgIpc) is 3.39. The lowest BCUT2D eigenvalue weighted by molar-refractivity contribution is -0.159. The van der Waals surface area contributed by atoms with Gasteiger partial charge in [0.2, 0.25) is 11.7 Å². The summed E-state index contributed by atoms with van der Waals surface area (Å²) in [5.74, 6) is -0.651.